The molecule has 0 fully saturated rings. The van der Waals surface area contributed by atoms with E-state index in [4.69, 9.17) is 4.74 Å². The zero-order valence-corrected chi connectivity index (χ0v) is 13.3. The molecule has 102 valence electrons. The summed E-state index contributed by atoms with van der Waals surface area (Å²) in [6, 6.07) is 14.3. The van der Waals surface area contributed by atoms with E-state index >= 15 is 0 Å². The lowest BCUT2D eigenvalue weighted by atomic mass is 10.2. The summed E-state index contributed by atoms with van der Waals surface area (Å²) in [7, 11) is 1.70. The molecule has 0 saturated heterocycles. The monoisotopic (exact) mass is 348 g/mol. The van der Waals surface area contributed by atoms with Crippen LogP contribution < -0.4 is 5.32 Å². The van der Waals surface area contributed by atoms with E-state index in [0.29, 0.717) is 6.61 Å². The highest BCUT2D eigenvalue weighted by Crippen LogP contribution is 2.30. The molecule has 1 aromatic heterocycles. The zero-order chi connectivity index (χ0) is 13.9. The molecule has 0 radical (unpaired) electrons. The molecule has 0 amide bonds. The molecule has 0 aliphatic carbocycles. The molecule has 0 saturated carbocycles. The number of ether oxygens (including phenoxy) is 1. The second-order valence-electron chi connectivity index (χ2n) is 4.39. The van der Waals surface area contributed by atoms with Gasteiger partial charge in [-0.15, -0.1) is 0 Å². The summed E-state index contributed by atoms with van der Waals surface area (Å²) in [5.41, 5.74) is 3.17. The summed E-state index contributed by atoms with van der Waals surface area (Å²) in [5.74, 6) is 0. The number of hydrogen-bond acceptors (Lipinski definition) is 4. The van der Waals surface area contributed by atoms with E-state index in [2.05, 4.69) is 38.4 Å². The first-order valence-corrected chi connectivity index (χ1v) is 7.76. The SMILES string of the molecule is COCc1cccc(Nc2nc3cc(Br)ccc3s2)c1. The molecule has 0 atom stereocenters. The fourth-order valence-corrected chi connectivity index (χ4v) is 3.20. The summed E-state index contributed by atoms with van der Waals surface area (Å²) in [5, 5.41) is 4.24. The van der Waals surface area contributed by atoms with E-state index in [1.54, 1.807) is 18.4 Å². The predicted molar refractivity (Wildman–Crippen MR) is 87.8 cm³/mol. The lowest BCUT2D eigenvalue weighted by Crippen LogP contribution is -1.92. The van der Waals surface area contributed by atoms with E-state index in [-0.39, 0.29) is 0 Å². The topological polar surface area (TPSA) is 34.1 Å². The zero-order valence-electron chi connectivity index (χ0n) is 10.9. The van der Waals surface area contributed by atoms with Crippen LogP contribution in [0.25, 0.3) is 10.2 Å². The smallest absolute Gasteiger partial charge is 0.188 e. The van der Waals surface area contributed by atoms with Crippen LogP contribution in [0.5, 0.6) is 0 Å². The molecule has 0 aliphatic rings. The third-order valence-electron chi connectivity index (χ3n) is 2.84. The van der Waals surface area contributed by atoms with Crippen LogP contribution >= 0.6 is 27.3 Å². The van der Waals surface area contributed by atoms with Gasteiger partial charge in [-0.3, -0.25) is 0 Å². The van der Waals surface area contributed by atoms with Crippen LogP contribution in [0.2, 0.25) is 0 Å². The maximum Gasteiger partial charge on any atom is 0.188 e. The number of anilines is 2. The fraction of sp³-hybridized carbons (Fsp3) is 0.133. The van der Waals surface area contributed by atoms with Gasteiger partial charge in [0.05, 0.1) is 16.8 Å². The van der Waals surface area contributed by atoms with Gasteiger partial charge < -0.3 is 10.1 Å². The van der Waals surface area contributed by atoms with Crippen molar-refractivity contribution in [1.29, 1.82) is 0 Å². The highest BCUT2D eigenvalue weighted by Gasteiger charge is 2.05. The van der Waals surface area contributed by atoms with Gasteiger partial charge in [0.15, 0.2) is 5.13 Å². The van der Waals surface area contributed by atoms with Crippen molar-refractivity contribution in [2.24, 2.45) is 0 Å². The average molecular weight is 349 g/mol. The molecule has 0 unspecified atom stereocenters. The molecule has 1 N–H and O–H groups in total. The molecule has 3 aromatic rings. The molecular weight excluding hydrogens is 336 g/mol. The van der Waals surface area contributed by atoms with Gasteiger partial charge in [0.2, 0.25) is 0 Å². The third kappa shape index (κ3) is 3.00. The number of fused-ring (bicyclic) bond motifs is 1. The Bertz CT molecular complexity index is 742. The first-order chi connectivity index (χ1) is 9.74. The van der Waals surface area contributed by atoms with E-state index in [9.17, 15) is 0 Å². The van der Waals surface area contributed by atoms with Gasteiger partial charge in [-0.25, -0.2) is 4.98 Å². The number of halogens is 1. The summed E-state index contributed by atoms with van der Waals surface area (Å²) >= 11 is 5.11. The van der Waals surface area contributed by atoms with Gasteiger partial charge in [0, 0.05) is 17.3 Å². The first kappa shape index (κ1) is 13.5. The Morgan fingerprint density at radius 1 is 1.25 bits per heavy atom. The van der Waals surface area contributed by atoms with Crippen molar-refractivity contribution in [2.75, 3.05) is 12.4 Å². The van der Waals surface area contributed by atoms with E-state index in [1.807, 2.05) is 30.3 Å². The highest BCUT2D eigenvalue weighted by atomic mass is 79.9. The maximum absolute atomic E-state index is 5.15. The van der Waals surface area contributed by atoms with Crippen molar-refractivity contribution >= 4 is 48.3 Å². The van der Waals surface area contributed by atoms with Gasteiger partial charge in [0.1, 0.15) is 0 Å². The Labute approximate surface area is 129 Å². The van der Waals surface area contributed by atoms with Crippen molar-refractivity contribution in [3.63, 3.8) is 0 Å². The maximum atomic E-state index is 5.15. The van der Waals surface area contributed by atoms with Crippen molar-refractivity contribution in [3.05, 3.63) is 52.5 Å². The van der Waals surface area contributed by atoms with E-state index < -0.39 is 0 Å². The van der Waals surface area contributed by atoms with E-state index in [1.165, 1.54) is 4.70 Å². The van der Waals surface area contributed by atoms with Crippen LogP contribution in [0.1, 0.15) is 5.56 Å². The van der Waals surface area contributed by atoms with Crippen LogP contribution in [-0.2, 0) is 11.3 Å². The first-order valence-electron chi connectivity index (χ1n) is 6.15. The lowest BCUT2D eigenvalue weighted by molar-refractivity contribution is 0.185. The molecule has 5 heteroatoms. The summed E-state index contributed by atoms with van der Waals surface area (Å²) < 4.78 is 7.36. The molecule has 1 heterocycles. The number of benzene rings is 2. The molecule has 0 bridgehead atoms. The normalized spacial score (nSPS) is 10.9. The second-order valence-corrected chi connectivity index (χ2v) is 6.34. The van der Waals surface area contributed by atoms with Crippen LogP contribution in [0.4, 0.5) is 10.8 Å². The van der Waals surface area contributed by atoms with Gasteiger partial charge in [-0.1, -0.05) is 39.4 Å². The molecule has 3 nitrogen and oxygen atoms in total. The Hall–Kier alpha value is -1.43. The van der Waals surface area contributed by atoms with Gasteiger partial charge >= 0.3 is 0 Å². The predicted octanol–water partition coefficient (Wildman–Crippen LogP) is 4.95. The van der Waals surface area contributed by atoms with Gasteiger partial charge in [0.25, 0.3) is 0 Å². The van der Waals surface area contributed by atoms with Crippen molar-refractivity contribution in [2.45, 2.75) is 6.61 Å². The van der Waals surface area contributed by atoms with Gasteiger partial charge in [-0.05, 0) is 35.9 Å². The molecular formula is C15H13BrN2OS. The van der Waals surface area contributed by atoms with Crippen molar-refractivity contribution < 1.29 is 4.74 Å². The van der Waals surface area contributed by atoms with Crippen molar-refractivity contribution in [3.8, 4) is 0 Å². The number of methoxy groups -OCH3 is 1. The largest absolute Gasteiger partial charge is 0.380 e. The standard InChI is InChI=1S/C15H13BrN2OS/c1-19-9-10-3-2-4-12(7-10)17-15-18-13-8-11(16)5-6-14(13)20-15/h2-8H,9H2,1H3,(H,17,18). The number of hydrogen-bond donors (Lipinski definition) is 1. The Kier molecular flexibility index (Phi) is 4.00. The number of aromatic nitrogens is 1. The Morgan fingerprint density at radius 2 is 2.15 bits per heavy atom. The fourth-order valence-electron chi connectivity index (χ4n) is 1.98. The molecule has 2 aromatic carbocycles. The van der Waals surface area contributed by atoms with Crippen LogP contribution in [0.15, 0.2) is 46.9 Å². The number of nitrogens with zero attached hydrogens (tertiary/aromatic N) is 1. The second kappa shape index (κ2) is 5.91. The summed E-state index contributed by atoms with van der Waals surface area (Å²) in [4.78, 5) is 4.59. The van der Waals surface area contributed by atoms with Crippen LogP contribution in [0, 0.1) is 0 Å². The average Bonchev–Trinajstić information content (AvgIpc) is 2.81. The third-order valence-corrected chi connectivity index (χ3v) is 4.28. The number of rotatable bonds is 4. The molecule has 20 heavy (non-hydrogen) atoms. The van der Waals surface area contributed by atoms with Crippen LogP contribution in [-0.4, -0.2) is 12.1 Å². The van der Waals surface area contributed by atoms with Gasteiger partial charge in [-0.2, -0.15) is 0 Å². The minimum Gasteiger partial charge on any atom is -0.380 e. The summed E-state index contributed by atoms with van der Waals surface area (Å²) in [6.45, 7) is 0.613. The highest BCUT2D eigenvalue weighted by molar-refractivity contribution is 9.10. The molecule has 0 aliphatic heterocycles. The Morgan fingerprint density at radius 3 is 3.00 bits per heavy atom. The number of nitrogens with one attached hydrogen (secondary N) is 1. The van der Waals surface area contributed by atoms with Crippen molar-refractivity contribution in [1.82, 2.24) is 4.98 Å². The lowest BCUT2D eigenvalue weighted by Gasteiger charge is -2.05. The summed E-state index contributed by atoms with van der Waals surface area (Å²) in [6.07, 6.45) is 0. The van der Waals surface area contributed by atoms with E-state index in [0.717, 1.165) is 26.4 Å². The van der Waals surface area contributed by atoms with Crippen LogP contribution in [0.3, 0.4) is 0 Å². The Balaban J connectivity index is 1.87. The quantitative estimate of drug-likeness (QED) is 0.724. The molecule has 3 rings (SSSR count). The number of thiazole rings is 1. The minimum atomic E-state index is 0.613. The molecule has 0 spiro atoms. The minimum absolute atomic E-state index is 0.613.